The minimum Gasteiger partial charge on any atom is -0.376 e. The minimum atomic E-state index is 0.00128. The summed E-state index contributed by atoms with van der Waals surface area (Å²) in [6.45, 7) is 7.70. The van der Waals surface area contributed by atoms with Crippen molar-refractivity contribution in [2.24, 2.45) is 0 Å². The van der Waals surface area contributed by atoms with Crippen LogP contribution in [0.5, 0.6) is 0 Å². The zero-order valence-electron chi connectivity index (χ0n) is 15.5. The Kier molecular flexibility index (Phi) is 6.27. The number of nitrogens with zero attached hydrogens (tertiary/aromatic N) is 2. The second-order valence-corrected chi connectivity index (χ2v) is 7.73. The quantitative estimate of drug-likeness (QED) is 0.788. The van der Waals surface area contributed by atoms with E-state index in [1.54, 1.807) is 0 Å². The lowest BCUT2D eigenvalue weighted by Crippen LogP contribution is -2.32. The lowest BCUT2D eigenvalue weighted by atomic mass is 9.99. The van der Waals surface area contributed by atoms with E-state index in [1.807, 2.05) is 12.1 Å². The fraction of sp³-hybridized carbons (Fsp3) is 0.450. The highest BCUT2D eigenvalue weighted by molar-refractivity contribution is 7.99. The van der Waals surface area contributed by atoms with Gasteiger partial charge in [0, 0.05) is 18.7 Å². The van der Waals surface area contributed by atoms with Crippen LogP contribution in [0.1, 0.15) is 29.5 Å². The smallest absolute Gasteiger partial charge is 0.230 e. The molecule has 1 unspecified atom stereocenters. The van der Waals surface area contributed by atoms with E-state index in [0.717, 1.165) is 35.7 Å². The second kappa shape index (κ2) is 8.64. The Hall–Kier alpha value is -1.92. The van der Waals surface area contributed by atoms with Gasteiger partial charge in [-0.05, 0) is 68.5 Å². The molecule has 0 aliphatic carbocycles. The summed E-state index contributed by atoms with van der Waals surface area (Å²) in [5.74, 6) is 0.338. The average Bonchev–Trinajstić information content (AvgIpc) is 3.15. The van der Waals surface area contributed by atoms with Crippen molar-refractivity contribution < 1.29 is 9.53 Å². The van der Waals surface area contributed by atoms with Gasteiger partial charge in [-0.1, -0.05) is 17.8 Å². The number of ether oxygens (including phenoxy) is 1. The highest BCUT2D eigenvalue weighted by Gasteiger charge is 2.16. The minimum absolute atomic E-state index is 0.00128. The van der Waals surface area contributed by atoms with Crippen LogP contribution in [0.25, 0.3) is 11.3 Å². The van der Waals surface area contributed by atoms with Crippen LogP contribution in [0, 0.1) is 20.8 Å². The van der Waals surface area contributed by atoms with E-state index in [0.29, 0.717) is 12.3 Å². The van der Waals surface area contributed by atoms with Gasteiger partial charge in [-0.2, -0.15) is 0 Å². The van der Waals surface area contributed by atoms with Gasteiger partial charge >= 0.3 is 0 Å². The molecule has 2 heterocycles. The number of carbonyl (C=O) groups excluding carboxylic acids is 1. The third-order valence-electron chi connectivity index (χ3n) is 4.66. The van der Waals surface area contributed by atoms with Crippen LogP contribution in [0.4, 0.5) is 0 Å². The van der Waals surface area contributed by atoms with Crippen molar-refractivity contribution in [1.82, 2.24) is 15.5 Å². The van der Waals surface area contributed by atoms with Crippen molar-refractivity contribution in [2.45, 2.75) is 44.7 Å². The van der Waals surface area contributed by atoms with Crippen molar-refractivity contribution in [3.8, 4) is 11.3 Å². The molecular weight excluding hydrogens is 346 g/mol. The third-order valence-corrected chi connectivity index (χ3v) is 5.58. The van der Waals surface area contributed by atoms with Crippen LogP contribution >= 0.6 is 11.8 Å². The van der Waals surface area contributed by atoms with Crippen molar-refractivity contribution in [2.75, 3.05) is 18.9 Å². The molecule has 1 aliphatic rings. The lowest BCUT2D eigenvalue weighted by molar-refractivity contribution is -0.119. The Morgan fingerprint density at radius 2 is 2.00 bits per heavy atom. The first-order valence-electron chi connectivity index (χ1n) is 8.96. The third kappa shape index (κ3) is 4.83. The Morgan fingerprint density at radius 3 is 2.69 bits per heavy atom. The van der Waals surface area contributed by atoms with Crippen molar-refractivity contribution >= 4 is 17.7 Å². The first-order chi connectivity index (χ1) is 12.5. The predicted molar refractivity (Wildman–Crippen MR) is 104 cm³/mol. The van der Waals surface area contributed by atoms with Crippen molar-refractivity contribution in [3.05, 3.63) is 41.0 Å². The number of hydrogen-bond acceptors (Lipinski definition) is 5. The number of amides is 1. The number of thioether (sulfide) groups is 1. The molecule has 26 heavy (non-hydrogen) atoms. The monoisotopic (exact) mass is 371 g/mol. The first-order valence-corrected chi connectivity index (χ1v) is 9.94. The van der Waals surface area contributed by atoms with E-state index in [4.69, 9.17) is 4.74 Å². The largest absolute Gasteiger partial charge is 0.376 e. The zero-order chi connectivity index (χ0) is 18.5. The number of nitrogens with one attached hydrogen (secondary N) is 1. The van der Waals surface area contributed by atoms with Gasteiger partial charge in [-0.15, -0.1) is 10.2 Å². The number of benzene rings is 1. The summed E-state index contributed by atoms with van der Waals surface area (Å²) in [7, 11) is 0. The summed E-state index contributed by atoms with van der Waals surface area (Å²) < 4.78 is 5.50. The maximum atomic E-state index is 11.9. The van der Waals surface area contributed by atoms with Gasteiger partial charge < -0.3 is 10.1 Å². The number of rotatable bonds is 6. The number of carbonyl (C=O) groups is 1. The van der Waals surface area contributed by atoms with Gasteiger partial charge in [0.1, 0.15) is 5.03 Å². The SMILES string of the molecule is Cc1cc(C)c(-c2ccc(SCC(=O)NCC3CCCO3)nn2)cc1C. The van der Waals surface area contributed by atoms with Crippen LogP contribution in [0.2, 0.25) is 0 Å². The van der Waals surface area contributed by atoms with E-state index < -0.39 is 0 Å². The van der Waals surface area contributed by atoms with Crippen LogP contribution in [0.15, 0.2) is 29.3 Å². The molecule has 5 nitrogen and oxygen atoms in total. The zero-order valence-corrected chi connectivity index (χ0v) is 16.4. The Labute approximate surface area is 158 Å². The molecule has 2 aromatic rings. The summed E-state index contributed by atoms with van der Waals surface area (Å²) in [5, 5.41) is 12.3. The molecule has 1 aliphatic heterocycles. The molecule has 0 bridgehead atoms. The molecule has 3 rings (SSSR count). The van der Waals surface area contributed by atoms with Gasteiger partial charge in [0.25, 0.3) is 0 Å². The van der Waals surface area contributed by atoms with Crippen LogP contribution in [-0.4, -0.2) is 41.1 Å². The molecule has 6 heteroatoms. The van der Waals surface area contributed by atoms with E-state index in [9.17, 15) is 4.79 Å². The molecule has 1 saturated heterocycles. The molecule has 1 aromatic carbocycles. The van der Waals surface area contributed by atoms with Gasteiger partial charge in [0.15, 0.2) is 0 Å². The summed E-state index contributed by atoms with van der Waals surface area (Å²) in [5.41, 5.74) is 5.68. The molecule has 1 atom stereocenters. The average molecular weight is 372 g/mol. The van der Waals surface area contributed by atoms with E-state index in [1.165, 1.54) is 28.5 Å². The summed E-state index contributed by atoms with van der Waals surface area (Å²) >= 11 is 1.40. The molecular formula is C20H25N3O2S. The fourth-order valence-electron chi connectivity index (χ4n) is 3.00. The van der Waals surface area contributed by atoms with E-state index in [2.05, 4.69) is 48.4 Å². The molecule has 138 valence electrons. The van der Waals surface area contributed by atoms with Crippen LogP contribution < -0.4 is 5.32 Å². The Morgan fingerprint density at radius 1 is 1.19 bits per heavy atom. The fourth-order valence-corrected chi connectivity index (χ4v) is 3.64. The number of aryl methyl sites for hydroxylation is 3. The molecule has 0 radical (unpaired) electrons. The van der Waals surface area contributed by atoms with E-state index in [-0.39, 0.29) is 12.0 Å². The highest BCUT2D eigenvalue weighted by atomic mass is 32.2. The number of aromatic nitrogens is 2. The van der Waals surface area contributed by atoms with E-state index >= 15 is 0 Å². The standard InChI is InChI=1S/C20H25N3O2S/c1-13-9-15(3)17(10-14(13)2)18-6-7-20(23-22-18)26-12-19(24)21-11-16-5-4-8-25-16/h6-7,9-10,16H,4-5,8,11-12H2,1-3H3,(H,21,24). The molecule has 0 saturated carbocycles. The van der Waals surface area contributed by atoms with Crippen LogP contribution in [-0.2, 0) is 9.53 Å². The summed E-state index contributed by atoms with van der Waals surface area (Å²) in [6, 6.07) is 8.22. The topological polar surface area (TPSA) is 64.1 Å². The van der Waals surface area contributed by atoms with Gasteiger partial charge in [-0.25, -0.2) is 0 Å². The lowest BCUT2D eigenvalue weighted by Gasteiger charge is -2.11. The highest BCUT2D eigenvalue weighted by Crippen LogP contribution is 2.25. The molecule has 1 aromatic heterocycles. The maximum absolute atomic E-state index is 11.9. The van der Waals surface area contributed by atoms with Crippen molar-refractivity contribution in [3.63, 3.8) is 0 Å². The molecule has 1 N–H and O–H groups in total. The maximum Gasteiger partial charge on any atom is 0.230 e. The summed E-state index contributed by atoms with van der Waals surface area (Å²) in [6.07, 6.45) is 2.28. The normalized spacial score (nSPS) is 16.7. The number of hydrogen-bond donors (Lipinski definition) is 1. The van der Waals surface area contributed by atoms with Crippen molar-refractivity contribution in [1.29, 1.82) is 0 Å². The van der Waals surface area contributed by atoms with Gasteiger partial charge in [0.05, 0.1) is 17.6 Å². The summed E-state index contributed by atoms with van der Waals surface area (Å²) in [4.78, 5) is 11.9. The predicted octanol–water partition coefficient (Wildman–Crippen LogP) is 3.46. The molecule has 1 fully saturated rings. The molecule has 1 amide bonds. The second-order valence-electron chi connectivity index (χ2n) is 6.74. The first kappa shape index (κ1) is 18.9. The molecule has 0 spiro atoms. The van der Waals surface area contributed by atoms with Crippen LogP contribution in [0.3, 0.4) is 0 Å². The Balaban J connectivity index is 1.54. The Bertz CT molecular complexity index is 771. The van der Waals surface area contributed by atoms with Gasteiger partial charge in [0.2, 0.25) is 5.91 Å². The van der Waals surface area contributed by atoms with Gasteiger partial charge in [-0.3, -0.25) is 4.79 Å².